The predicted octanol–water partition coefficient (Wildman–Crippen LogP) is 4.62. The molecule has 4 aromatic rings. The largest absolute Gasteiger partial charge is 0.435 e. The highest BCUT2D eigenvalue weighted by Crippen LogP contribution is 2.29. The number of nitrogens with zero attached hydrogens (tertiary/aromatic N) is 3. The van der Waals surface area contributed by atoms with Crippen LogP contribution >= 0.6 is 0 Å². The van der Waals surface area contributed by atoms with Gasteiger partial charge in [0, 0.05) is 40.8 Å². The fourth-order valence-electron chi connectivity index (χ4n) is 2.75. The second-order valence-electron chi connectivity index (χ2n) is 5.95. The maximum Gasteiger partial charge on any atom is 0.387 e. The van der Waals surface area contributed by atoms with Gasteiger partial charge in [0.05, 0.1) is 5.52 Å². The van der Waals surface area contributed by atoms with Crippen LogP contribution in [0.4, 0.5) is 26.0 Å². The summed E-state index contributed by atoms with van der Waals surface area (Å²) in [5, 5.41) is 3.85. The van der Waals surface area contributed by atoms with E-state index in [2.05, 4.69) is 25.0 Å². The summed E-state index contributed by atoms with van der Waals surface area (Å²) in [7, 11) is 0. The molecule has 0 fully saturated rings. The van der Waals surface area contributed by atoms with Gasteiger partial charge in [0.25, 0.3) is 0 Å². The van der Waals surface area contributed by atoms with Crippen LogP contribution in [0.2, 0.25) is 0 Å². The van der Waals surface area contributed by atoms with Crippen molar-refractivity contribution in [1.29, 1.82) is 0 Å². The van der Waals surface area contributed by atoms with Gasteiger partial charge in [-0.2, -0.15) is 8.78 Å². The van der Waals surface area contributed by atoms with Crippen molar-refractivity contribution in [1.82, 2.24) is 15.0 Å². The lowest BCUT2D eigenvalue weighted by atomic mass is 10.2. The normalized spacial score (nSPS) is 11.0. The third-order valence-corrected chi connectivity index (χ3v) is 3.96. The van der Waals surface area contributed by atoms with E-state index < -0.39 is 6.61 Å². The summed E-state index contributed by atoms with van der Waals surface area (Å²) in [6.07, 6.45) is 3.33. The number of nitrogen functional groups attached to an aromatic ring is 1. The van der Waals surface area contributed by atoms with E-state index in [0.717, 1.165) is 5.56 Å². The second kappa shape index (κ2) is 7.43. The lowest BCUT2D eigenvalue weighted by Crippen LogP contribution is -2.03. The van der Waals surface area contributed by atoms with E-state index in [4.69, 9.17) is 5.73 Å². The first-order valence-electron chi connectivity index (χ1n) is 8.38. The van der Waals surface area contributed by atoms with Crippen LogP contribution in [-0.4, -0.2) is 21.6 Å². The highest BCUT2D eigenvalue weighted by Gasteiger charge is 2.11. The minimum atomic E-state index is -2.90. The van der Waals surface area contributed by atoms with Crippen molar-refractivity contribution in [3.63, 3.8) is 0 Å². The average molecular weight is 379 g/mol. The first-order chi connectivity index (χ1) is 13.6. The summed E-state index contributed by atoms with van der Waals surface area (Å²) in [4.78, 5) is 13.3. The molecule has 0 saturated heterocycles. The highest BCUT2D eigenvalue weighted by atomic mass is 19.3. The maximum atomic E-state index is 12.5. The molecule has 2 aromatic heterocycles. The number of fused-ring (bicyclic) bond motifs is 1. The smallest absolute Gasteiger partial charge is 0.387 e. The monoisotopic (exact) mass is 379 g/mol. The van der Waals surface area contributed by atoms with Crippen molar-refractivity contribution in [3.05, 3.63) is 67.0 Å². The highest BCUT2D eigenvalue weighted by molar-refractivity contribution is 5.94. The molecule has 0 radical (unpaired) electrons. The van der Waals surface area contributed by atoms with Crippen LogP contribution in [0, 0.1) is 0 Å². The molecule has 8 heteroatoms. The number of benzene rings is 2. The quantitative estimate of drug-likeness (QED) is 0.492. The Kier molecular flexibility index (Phi) is 4.67. The minimum absolute atomic E-state index is 0.0466. The molecule has 2 heterocycles. The Bertz CT molecular complexity index is 1120. The van der Waals surface area contributed by atoms with Crippen molar-refractivity contribution in [3.8, 4) is 17.1 Å². The Hall–Kier alpha value is -3.81. The molecule has 140 valence electrons. The van der Waals surface area contributed by atoms with Gasteiger partial charge in [0.1, 0.15) is 11.6 Å². The Morgan fingerprint density at radius 1 is 1.00 bits per heavy atom. The molecule has 0 atom stereocenters. The van der Waals surface area contributed by atoms with E-state index in [9.17, 15) is 8.78 Å². The number of nitrogens with one attached hydrogen (secondary N) is 1. The van der Waals surface area contributed by atoms with E-state index in [1.807, 2.05) is 6.07 Å². The molecule has 0 aliphatic carbocycles. The number of ether oxygens (including phenoxy) is 1. The van der Waals surface area contributed by atoms with Gasteiger partial charge in [0.2, 0.25) is 0 Å². The number of nitrogens with two attached hydrogens (primary N) is 1. The molecule has 4 rings (SSSR count). The fraction of sp³-hybridized carbons (Fsp3) is 0.0500. The lowest BCUT2D eigenvalue weighted by molar-refractivity contribution is -0.0497. The lowest BCUT2D eigenvalue weighted by Gasteiger charge is -2.12. The minimum Gasteiger partial charge on any atom is -0.435 e. The predicted molar refractivity (Wildman–Crippen MR) is 104 cm³/mol. The Morgan fingerprint density at radius 3 is 2.68 bits per heavy atom. The number of halogens is 2. The zero-order chi connectivity index (χ0) is 19.5. The number of rotatable bonds is 5. The standard InChI is InChI=1S/C20H15F2N5O/c21-20(22)28-15-5-1-4-14(10-15)25-19-16-9-13(23)6-7-17(16)26-18(27-19)12-3-2-8-24-11-12/h1-11,20H,23H2,(H,25,26,27). The number of hydrogen-bond acceptors (Lipinski definition) is 6. The number of hydrogen-bond donors (Lipinski definition) is 2. The summed E-state index contributed by atoms with van der Waals surface area (Å²) in [6.45, 7) is -2.90. The van der Waals surface area contributed by atoms with Gasteiger partial charge in [0.15, 0.2) is 5.82 Å². The van der Waals surface area contributed by atoms with E-state index >= 15 is 0 Å². The first-order valence-corrected chi connectivity index (χ1v) is 8.38. The average Bonchev–Trinajstić information content (AvgIpc) is 2.69. The van der Waals surface area contributed by atoms with Gasteiger partial charge in [-0.1, -0.05) is 6.07 Å². The van der Waals surface area contributed by atoms with Crippen LogP contribution in [-0.2, 0) is 0 Å². The summed E-state index contributed by atoms with van der Waals surface area (Å²) >= 11 is 0. The number of anilines is 3. The van der Waals surface area contributed by atoms with Crippen LogP contribution in [0.15, 0.2) is 67.0 Å². The molecular weight excluding hydrogens is 364 g/mol. The summed E-state index contributed by atoms with van der Waals surface area (Å²) in [5.41, 5.74) is 8.45. The van der Waals surface area contributed by atoms with Crippen molar-refractivity contribution in [2.45, 2.75) is 6.61 Å². The van der Waals surface area contributed by atoms with Crippen molar-refractivity contribution < 1.29 is 13.5 Å². The van der Waals surface area contributed by atoms with Gasteiger partial charge >= 0.3 is 6.61 Å². The molecule has 0 unspecified atom stereocenters. The number of aromatic nitrogens is 3. The topological polar surface area (TPSA) is 86.0 Å². The van der Waals surface area contributed by atoms with Crippen LogP contribution in [0.5, 0.6) is 5.75 Å². The third kappa shape index (κ3) is 3.80. The zero-order valence-electron chi connectivity index (χ0n) is 14.5. The zero-order valence-corrected chi connectivity index (χ0v) is 14.5. The molecule has 0 spiro atoms. The third-order valence-electron chi connectivity index (χ3n) is 3.96. The van der Waals surface area contributed by atoms with Crippen LogP contribution < -0.4 is 15.8 Å². The Labute approximate surface area is 159 Å². The van der Waals surface area contributed by atoms with Gasteiger partial charge < -0.3 is 15.8 Å². The molecule has 6 nitrogen and oxygen atoms in total. The van der Waals surface area contributed by atoms with E-state index in [-0.39, 0.29) is 5.75 Å². The molecular formula is C20H15F2N5O. The number of pyridine rings is 1. The van der Waals surface area contributed by atoms with Crippen LogP contribution in [0.3, 0.4) is 0 Å². The van der Waals surface area contributed by atoms with Crippen molar-refractivity contribution >= 4 is 28.1 Å². The van der Waals surface area contributed by atoms with E-state index in [1.54, 1.807) is 48.8 Å². The van der Waals surface area contributed by atoms with Gasteiger partial charge in [-0.25, -0.2) is 9.97 Å². The molecule has 0 bridgehead atoms. The molecule has 0 aliphatic heterocycles. The van der Waals surface area contributed by atoms with Gasteiger partial charge in [-0.05, 0) is 42.5 Å². The molecule has 0 aliphatic rings. The SMILES string of the molecule is Nc1ccc2nc(-c3cccnc3)nc(Nc3cccc(OC(F)F)c3)c2c1. The van der Waals surface area contributed by atoms with Gasteiger partial charge in [-0.15, -0.1) is 0 Å². The molecule has 28 heavy (non-hydrogen) atoms. The van der Waals surface area contributed by atoms with Crippen LogP contribution in [0.25, 0.3) is 22.3 Å². The van der Waals surface area contributed by atoms with Crippen LogP contribution in [0.1, 0.15) is 0 Å². The summed E-state index contributed by atoms with van der Waals surface area (Å²) in [6, 6.07) is 15.2. The first kappa shape index (κ1) is 17.6. The molecule has 2 aromatic carbocycles. The molecule has 3 N–H and O–H groups in total. The van der Waals surface area contributed by atoms with Crippen molar-refractivity contribution in [2.75, 3.05) is 11.1 Å². The number of alkyl halides is 2. The second-order valence-corrected chi connectivity index (χ2v) is 5.95. The Morgan fingerprint density at radius 2 is 1.89 bits per heavy atom. The maximum absolute atomic E-state index is 12.5. The Balaban J connectivity index is 1.80. The summed E-state index contributed by atoms with van der Waals surface area (Å²) < 4.78 is 29.4. The van der Waals surface area contributed by atoms with E-state index in [0.29, 0.717) is 33.9 Å². The van der Waals surface area contributed by atoms with Gasteiger partial charge in [-0.3, -0.25) is 4.98 Å². The summed E-state index contributed by atoms with van der Waals surface area (Å²) in [5.74, 6) is 1.02. The van der Waals surface area contributed by atoms with Crippen molar-refractivity contribution in [2.24, 2.45) is 0 Å². The molecule has 0 amide bonds. The van der Waals surface area contributed by atoms with E-state index in [1.165, 1.54) is 12.1 Å². The molecule has 0 saturated carbocycles. The fourth-order valence-corrected chi connectivity index (χ4v) is 2.75.